The Morgan fingerprint density at radius 3 is 2.53 bits per heavy atom. The normalized spacial score (nSPS) is 13.5. The molecule has 2 aromatic rings. The molecule has 0 heterocycles. The highest BCUT2D eigenvalue weighted by Crippen LogP contribution is 2.28. The van der Waals surface area contributed by atoms with Gasteiger partial charge in [-0.3, -0.25) is 20.2 Å². The van der Waals surface area contributed by atoms with Crippen molar-refractivity contribution in [3.63, 3.8) is 0 Å². The van der Waals surface area contributed by atoms with Crippen molar-refractivity contribution in [2.24, 2.45) is 15.9 Å². The number of nitrogens with zero attached hydrogens (tertiary/aromatic N) is 2. The van der Waals surface area contributed by atoms with Crippen LogP contribution in [0.5, 0.6) is 5.75 Å². The largest absolute Gasteiger partial charge is 0.455 e. The van der Waals surface area contributed by atoms with Crippen LogP contribution in [-0.2, 0) is 4.79 Å². The van der Waals surface area contributed by atoms with Crippen molar-refractivity contribution in [3.05, 3.63) is 67.3 Å². The molecule has 6 nitrogen and oxygen atoms in total. The number of aliphatic imine (C=N–C) groups is 2. The molecule has 0 amide bonds. The maximum absolute atomic E-state index is 13.5. The number of ketones is 1. The second-order valence-corrected chi connectivity index (χ2v) is 6.28. The highest BCUT2D eigenvalue weighted by Gasteiger charge is 2.21. The molecule has 7 heteroatoms. The number of para-hydroxylation sites is 3. The molecule has 0 fully saturated rings. The monoisotopic (exact) mass is 406 g/mol. The molecule has 2 N–H and O–H groups in total. The molecule has 2 aromatic carbocycles. The standard InChI is InChI=1S/C23H23FN4O2/c1-3-21(24)30-20-12-8-7-11-18(20)27-15-16(2)23(29)22(26)19(13-14-25)28-17-9-5-4-6-10-17/h3-12,14-16,21,25-26H,1,13H2,2H3. The summed E-state index contributed by atoms with van der Waals surface area (Å²) in [5, 5.41) is 15.6. The van der Waals surface area contributed by atoms with Crippen molar-refractivity contribution in [1.29, 1.82) is 10.8 Å². The van der Waals surface area contributed by atoms with Crippen LogP contribution < -0.4 is 4.74 Å². The van der Waals surface area contributed by atoms with Gasteiger partial charge in [-0.05, 0) is 30.3 Å². The van der Waals surface area contributed by atoms with E-state index >= 15 is 0 Å². The van der Waals surface area contributed by atoms with Crippen LogP contribution in [0.15, 0.2) is 77.2 Å². The number of carbonyl (C=O) groups is 1. The maximum Gasteiger partial charge on any atom is 0.257 e. The number of nitrogens with one attached hydrogen (secondary N) is 2. The minimum atomic E-state index is -1.67. The smallest absolute Gasteiger partial charge is 0.257 e. The number of Topliss-reactive ketones (excluding diaryl/α,β-unsaturated/α-hetero) is 1. The van der Waals surface area contributed by atoms with Gasteiger partial charge in [-0.25, -0.2) is 0 Å². The van der Waals surface area contributed by atoms with E-state index in [1.807, 2.05) is 6.07 Å². The molecule has 0 aliphatic heterocycles. The summed E-state index contributed by atoms with van der Waals surface area (Å²) < 4.78 is 18.6. The SMILES string of the molecule is C=CC(F)Oc1ccccc1N=CC(C)C(=O)C(=N)C(CC=N)=Nc1ccccc1. The van der Waals surface area contributed by atoms with Gasteiger partial charge in [0.1, 0.15) is 17.1 Å². The zero-order valence-corrected chi connectivity index (χ0v) is 16.6. The first-order valence-corrected chi connectivity index (χ1v) is 9.27. The lowest BCUT2D eigenvalue weighted by Crippen LogP contribution is -2.29. The van der Waals surface area contributed by atoms with Gasteiger partial charge in [-0.2, -0.15) is 4.39 Å². The van der Waals surface area contributed by atoms with Crippen LogP contribution in [0.2, 0.25) is 0 Å². The highest BCUT2D eigenvalue weighted by atomic mass is 19.1. The van der Waals surface area contributed by atoms with Gasteiger partial charge in [0.05, 0.1) is 17.3 Å². The molecule has 154 valence electrons. The third-order valence-corrected chi connectivity index (χ3v) is 3.99. The summed E-state index contributed by atoms with van der Waals surface area (Å²) in [4.78, 5) is 21.3. The van der Waals surface area contributed by atoms with Crippen LogP contribution in [0, 0.1) is 16.7 Å². The zero-order valence-electron chi connectivity index (χ0n) is 16.6. The highest BCUT2D eigenvalue weighted by molar-refractivity contribution is 6.68. The number of halogens is 1. The molecule has 2 atom stereocenters. The molecule has 30 heavy (non-hydrogen) atoms. The second-order valence-electron chi connectivity index (χ2n) is 6.28. The molecule has 0 bridgehead atoms. The Balaban J connectivity index is 2.18. The number of ether oxygens (including phenoxy) is 1. The van der Waals surface area contributed by atoms with Gasteiger partial charge >= 0.3 is 0 Å². The van der Waals surface area contributed by atoms with Gasteiger partial charge < -0.3 is 10.1 Å². The van der Waals surface area contributed by atoms with Crippen molar-refractivity contribution in [1.82, 2.24) is 0 Å². The fourth-order valence-corrected chi connectivity index (χ4v) is 2.42. The Bertz CT molecular complexity index is 970. The molecule has 0 spiro atoms. The zero-order chi connectivity index (χ0) is 21.9. The fraction of sp³-hybridized carbons (Fsp3) is 0.174. The predicted molar refractivity (Wildman–Crippen MR) is 119 cm³/mol. The number of rotatable bonds is 11. The van der Waals surface area contributed by atoms with Crippen LogP contribution in [-0.4, -0.2) is 36.0 Å². The van der Waals surface area contributed by atoms with Gasteiger partial charge in [0.2, 0.25) is 0 Å². The molecule has 0 radical (unpaired) electrons. The van der Waals surface area contributed by atoms with E-state index in [1.165, 1.54) is 6.21 Å². The number of hydrogen-bond donors (Lipinski definition) is 2. The molecule has 0 aromatic heterocycles. The van der Waals surface area contributed by atoms with E-state index in [-0.39, 0.29) is 23.6 Å². The average molecular weight is 406 g/mol. The fourth-order valence-electron chi connectivity index (χ4n) is 2.42. The molecule has 0 saturated heterocycles. The summed E-state index contributed by atoms with van der Waals surface area (Å²) in [6.45, 7) is 4.94. The summed E-state index contributed by atoms with van der Waals surface area (Å²) in [5.41, 5.74) is 0.880. The summed E-state index contributed by atoms with van der Waals surface area (Å²) in [7, 11) is 0. The molecule has 2 rings (SSSR count). The van der Waals surface area contributed by atoms with Gasteiger partial charge in [-0.1, -0.05) is 43.8 Å². The number of carbonyl (C=O) groups excluding carboxylic acids is 1. The van der Waals surface area contributed by atoms with Gasteiger partial charge in [0.25, 0.3) is 6.36 Å². The Labute approximate surface area is 174 Å². The molecular formula is C23H23FN4O2. The first-order chi connectivity index (χ1) is 14.5. The van der Waals surface area contributed by atoms with Crippen molar-refractivity contribution in [3.8, 4) is 5.75 Å². The van der Waals surface area contributed by atoms with Gasteiger partial charge in [-0.15, -0.1) is 0 Å². The van der Waals surface area contributed by atoms with E-state index in [1.54, 1.807) is 55.5 Å². The van der Waals surface area contributed by atoms with Crippen molar-refractivity contribution < 1.29 is 13.9 Å². The van der Waals surface area contributed by atoms with Gasteiger partial charge in [0.15, 0.2) is 5.78 Å². The van der Waals surface area contributed by atoms with Crippen LogP contribution in [0.1, 0.15) is 13.3 Å². The molecule has 0 aliphatic carbocycles. The van der Waals surface area contributed by atoms with Crippen molar-refractivity contribution in [2.75, 3.05) is 0 Å². The maximum atomic E-state index is 13.5. The number of alkyl halides is 1. The van der Waals surface area contributed by atoms with E-state index < -0.39 is 18.1 Å². The summed E-state index contributed by atoms with van der Waals surface area (Å²) in [5.74, 6) is -0.994. The summed E-state index contributed by atoms with van der Waals surface area (Å²) in [6.07, 6.45) is 1.89. The molecular weight excluding hydrogens is 383 g/mol. The Morgan fingerprint density at radius 1 is 1.20 bits per heavy atom. The van der Waals surface area contributed by atoms with Crippen LogP contribution in [0.3, 0.4) is 0 Å². The van der Waals surface area contributed by atoms with E-state index in [9.17, 15) is 9.18 Å². The van der Waals surface area contributed by atoms with Crippen LogP contribution in [0.4, 0.5) is 15.8 Å². The lowest BCUT2D eigenvalue weighted by atomic mass is 9.99. The molecule has 0 aliphatic rings. The number of benzene rings is 2. The average Bonchev–Trinajstić information content (AvgIpc) is 2.77. The first-order valence-electron chi connectivity index (χ1n) is 9.27. The Kier molecular flexibility index (Phi) is 8.50. The minimum Gasteiger partial charge on any atom is -0.455 e. The summed E-state index contributed by atoms with van der Waals surface area (Å²) in [6, 6.07) is 15.5. The number of hydrogen-bond acceptors (Lipinski definition) is 6. The lowest BCUT2D eigenvalue weighted by Gasteiger charge is -2.11. The van der Waals surface area contributed by atoms with E-state index in [0.717, 1.165) is 12.3 Å². The molecule has 2 unspecified atom stereocenters. The topological polar surface area (TPSA) is 98.7 Å². The van der Waals surface area contributed by atoms with Gasteiger partial charge in [0, 0.05) is 18.9 Å². The van der Waals surface area contributed by atoms with E-state index in [2.05, 4.69) is 16.6 Å². The Hall–Kier alpha value is -3.74. The Morgan fingerprint density at radius 2 is 1.87 bits per heavy atom. The first kappa shape index (κ1) is 22.5. The third-order valence-electron chi connectivity index (χ3n) is 3.99. The lowest BCUT2D eigenvalue weighted by molar-refractivity contribution is -0.114. The van der Waals surface area contributed by atoms with Crippen molar-refractivity contribution >= 4 is 41.0 Å². The van der Waals surface area contributed by atoms with E-state index in [4.69, 9.17) is 15.6 Å². The predicted octanol–water partition coefficient (Wildman–Crippen LogP) is 5.29. The van der Waals surface area contributed by atoms with Crippen LogP contribution in [0.25, 0.3) is 0 Å². The van der Waals surface area contributed by atoms with Crippen LogP contribution >= 0.6 is 0 Å². The second kappa shape index (κ2) is 11.3. The quantitative estimate of drug-likeness (QED) is 0.392. The third kappa shape index (κ3) is 6.41. The minimum absolute atomic E-state index is 0.0689. The van der Waals surface area contributed by atoms with Crippen molar-refractivity contribution in [2.45, 2.75) is 19.7 Å². The molecule has 0 saturated carbocycles. The van der Waals surface area contributed by atoms with E-state index in [0.29, 0.717) is 11.4 Å². The summed E-state index contributed by atoms with van der Waals surface area (Å²) >= 11 is 0.